The van der Waals surface area contributed by atoms with Crippen molar-refractivity contribution in [3.63, 3.8) is 0 Å². The Bertz CT molecular complexity index is 513. The number of thiophene rings is 1. The topological polar surface area (TPSA) is 38.5 Å². The molecule has 1 aliphatic heterocycles. The average molecular weight is 308 g/mol. The van der Waals surface area contributed by atoms with Crippen molar-refractivity contribution >= 4 is 11.3 Å². The lowest BCUT2D eigenvalue weighted by Gasteiger charge is -2.61. The van der Waals surface area contributed by atoms with Gasteiger partial charge in [0, 0.05) is 41.6 Å². The van der Waals surface area contributed by atoms with Crippen LogP contribution in [0.1, 0.15) is 50.6 Å². The number of ether oxygens (including phenoxy) is 1. The lowest BCUT2D eigenvalue weighted by Crippen LogP contribution is -2.73. The quantitative estimate of drug-likeness (QED) is 0.928. The van der Waals surface area contributed by atoms with Gasteiger partial charge in [0.05, 0.1) is 6.10 Å². The van der Waals surface area contributed by atoms with Crippen molar-refractivity contribution in [2.24, 2.45) is 11.1 Å². The molecule has 3 rings (SSSR count). The highest BCUT2D eigenvalue weighted by Crippen LogP contribution is 2.51. The van der Waals surface area contributed by atoms with Crippen LogP contribution in [-0.2, 0) is 11.2 Å². The number of hydrogen-bond donors (Lipinski definition) is 1. The van der Waals surface area contributed by atoms with E-state index in [1.807, 2.05) is 11.3 Å². The van der Waals surface area contributed by atoms with Gasteiger partial charge in [-0.05, 0) is 43.7 Å². The molecule has 1 saturated carbocycles. The van der Waals surface area contributed by atoms with Crippen molar-refractivity contribution in [3.05, 3.63) is 21.9 Å². The van der Waals surface area contributed by atoms with E-state index >= 15 is 0 Å². The molecule has 0 bridgehead atoms. The Kier molecular flexibility index (Phi) is 3.93. The maximum Gasteiger partial charge on any atom is 0.0662 e. The first-order valence-electron chi connectivity index (χ1n) is 8.10. The summed E-state index contributed by atoms with van der Waals surface area (Å²) in [5.74, 6) is 0. The van der Waals surface area contributed by atoms with Crippen molar-refractivity contribution < 1.29 is 4.74 Å². The summed E-state index contributed by atoms with van der Waals surface area (Å²) in [5.41, 5.74) is 8.20. The second-order valence-corrected chi connectivity index (χ2v) is 8.22. The Hall–Kier alpha value is -0.420. The van der Waals surface area contributed by atoms with Crippen LogP contribution >= 0.6 is 11.3 Å². The van der Waals surface area contributed by atoms with Crippen LogP contribution in [0.25, 0.3) is 0 Å². The molecule has 1 aromatic heterocycles. The first-order chi connectivity index (χ1) is 9.89. The van der Waals surface area contributed by atoms with E-state index in [-0.39, 0.29) is 11.0 Å². The SMILES string of the molecule is CCOC1CC(N)(CN2CCc3sccc3C2C)C1(C)C. The van der Waals surface area contributed by atoms with E-state index in [4.69, 9.17) is 10.5 Å². The van der Waals surface area contributed by atoms with Crippen molar-refractivity contribution in [1.82, 2.24) is 4.90 Å². The fourth-order valence-corrected chi connectivity index (χ4v) is 4.88. The standard InChI is InChI=1S/C17H28N2OS/c1-5-20-15-10-17(18,16(15,3)4)11-19-8-6-14-13(12(19)2)7-9-21-14/h7,9,12,15H,5-6,8,10-11,18H2,1-4H3. The molecule has 0 spiro atoms. The molecule has 0 aromatic carbocycles. The van der Waals surface area contributed by atoms with Crippen LogP contribution in [0.5, 0.6) is 0 Å². The van der Waals surface area contributed by atoms with Crippen LogP contribution in [0, 0.1) is 5.41 Å². The summed E-state index contributed by atoms with van der Waals surface area (Å²) in [5, 5.41) is 2.22. The zero-order valence-corrected chi connectivity index (χ0v) is 14.5. The zero-order chi connectivity index (χ0) is 15.3. The minimum absolute atomic E-state index is 0.0532. The van der Waals surface area contributed by atoms with Crippen molar-refractivity contribution in [2.45, 2.75) is 58.2 Å². The molecule has 1 aromatic rings. The summed E-state index contributed by atoms with van der Waals surface area (Å²) in [4.78, 5) is 4.13. The molecule has 4 heteroatoms. The van der Waals surface area contributed by atoms with Gasteiger partial charge in [0.25, 0.3) is 0 Å². The van der Waals surface area contributed by atoms with Gasteiger partial charge in [-0.1, -0.05) is 13.8 Å². The predicted molar refractivity (Wildman–Crippen MR) is 88.7 cm³/mol. The van der Waals surface area contributed by atoms with Gasteiger partial charge >= 0.3 is 0 Å². The van der Waals surface area contributed by atoms with E-state index in [0.717, 1.165) is 26.1 Å². The molecule has 3 atom stereocenters. The largest absolute Gasteiger partial charge is 0.378 e. The Morgan fingerprint density at radius 3 is 2.90 bits per heavy atom. The third-order valence-electron chi connectivity index (χ3n) is 5.89. The molecule has 3 unspecified atom stereocenters. The van der Waals surface area contributed by atoms with Crippen LogP contribution in [-0.4, -0.2) is 36.2 Å². The number of nitrogens with two attached hydrogens (primary N) is 1. The highest BCUT2D eigenvalue weighted by Gasteiger charge is 2.59. The molecular weight excluding hydrogens is 280 g/mol. The molecule has 0 radical (unpaired) electrons. The fraction of sp³-hybridized carbons (Fsp3) is 0.765. The van der Waals surface area contributed by atoms with Gasteiger partial charge in [0.1, 0.15) is 0 Å². The predicted octanol–water partition coefficient (Wildman–Crippen LogP) is 3.20. The van der Waals surface area contributed by atoms with E-state index in [0.29, 0.717) is 12.1 Å². The zero-order valence-electron chi connectivity index (χ0n) is 13.7. The second-order valence-electron chi connectivity index (χ2n) is 7.22. The van der Waals surface area contributed by atoms with E-state index in [1.54, 1.807) is 4.88 Å². The van der Waals surface area contributed by atoms with Crippen LogP contribution in [0.3, 0.4) is 0 Å². The normalized spacial score (nSPS) is 35.3. The van der Waals surface area contributed by atoms with Gasteiger partial charge in [-0.25, -0.2) is 0 Å². The molecule has 21 heavy (non-hydrogen) atoms. The van der Waals surface area contributed by atoms with Crippen LogP contribution in [0.2, 0.25) is 0 Å². The summed E-state index contributed by atoms with van der Waals surface area (Å²) in [7, 11) is 0. The lowest BCUT2D eigenvalue weighted by atomic mass is 9.54. The molecular formula is C17H28N2OS. The summed E-state index contributed by atoms with van der Waals surface area (Å²) in [6.45, 7) is 11.8. The Morgan fingerprint density at radius 1 is 1.48 bits per heavy atom. The van der Waals surface area contributed by atoms with E-state index < -0.39 is 0 Å². The van der Waals surface area contributed by atoms with Gasteiger partial charge in [-0.3, -0.25) is 4.90 Å². The van der Waals surface area contributed by atoms with Crippen LogP contribution in [0.15, 0.2) is 11.4 Å². The third kappa shape index (κ3) is 2.37. The third-order valence-corrected chi connectivity index (χ3v) is 6.89. The minimum Gasteiger partial charge on any atom is -0.378 e. The monoisotopic (exact) mass is 308 g/mol. The summed E-state index contributed by atoms with van der Waals surface area (Å²) < 4.78 is 5.85. The molecule has 0 saturated heterocycles. The summed E-state index contributed by atoms with van der Waals surface area (Å²) in [6.07, 6.45) is 2.46. The van der Waals surface area contributed by atoms with Gasteiger partial charge in [0.15, 0.2) is 0 Å². The Labute approximate surface area is 132 Å². The van der Waals surface area contributed by atoms with Gasteiger partial charge in [-0.15, -0.1) is 11.3 Å². The van der Waals surface area contributed by atoms with Gasteiger partial charge in [0.2, 0.25) is 0 Å². The van der Waals surface area contributed by atoms with Crippen molar-refractivity contribution in [3.8, 4) is 0 Å². The number of nitrogens with zero attached hydrogens (tertiary/aromatic N) is 1. The Balaban J connectivity index is 1.70. The first kappa shape index (κ1) is 15.5. The number of fused-ring (bicyclic) bond motifs is 1. The highest BCUT2D eigenvalue weighted by atomic mass is 32.1. The molecule has 118 valence electrons. The van der Waals surface area contributed by atoms with Gasteiger partial charge in [-0.2, -0.15) is 0 Å². The van der Waals surface area contributed by atoms with Crippen LogP contribution < -0.4 is 5.73 Å². The molecule has 1 fully saturated rings. The molecule has 2 aliphatic rings. The smallest absolute Gasteiger partial charge is 0.0662 e. The maximum atomic E-state index is 6.77. The number of rotatable bonds is 4. The summed E-state index contributed by atoms with van der Waals surface area (Å²) >= 11 is 1.90. The van der Waals surface area contributed by atoms with Gasteiger partial charge < -0.3 is 10.5 Å². The molecule has 3 nitrogen and oxygen atoms in total. The first-order valence-corrected chi connectivity index (χ1v) is 8.98. The lowest BCUT2D eigenvalue weighted by molar-refractivity contribution is -0.158. The van der Waals surface area contributed by atoms with Crippen molar-refractivity contribution in [2.75, 3.05) is 19.7 Å². The molecule has 0 amide bonds. The fourth-order valence-electron chi connectivity index (χ4n) is 3.92. The van der Waals surface area contributed by atoms with E-state index in [9.17, 15) is 0 Å². The molecule has 2 heterocycles. The maximum absolute atomic E-state index is 6.77. The Morgan fingerprint density at radius 2 is 2.24 bits per heavy atom. The average Bonchev–Trinajstić information content (AvgIpc) is 2.91. The molecule has 2 N–H and O–H groups in total. The van der Waals surface area contributed by atoms with E-state index in [2.05, 4.69) is 44.0 Å². The van der Waals surface area contributed by atoms with Crippen molar-refractivity contribution in [1.29, 1.82) is 0 Å². The summed E-state index contributed by atoms with van der Waals surface area (Å²) in [6, 6.07) is 2.77. The van der Waals surface area contributed by atoms with E-state index in [1.165, 1.54) is 12.0 Å². The number of hydrogen-bond acceptors (Lipinski definition) is 4. The highest BCUT2D eigenvalue weighted by molar-refractivity contribution is 7.10. The minimum atomic E-state index is -0.130. The van der Waals surface area contributed by atoms with Crippen LogP contribution in [0.4, 0.5) is 0 Å². The second kappa shape index (κ2) is 5.34. The molecule has 1 aliphatic carbocycles.